The van der Waals surface area contributed by atoms with E-state index >= 15 is 0 Å². The van der Waals surface area contributed by atoms with Gasteiger partial charge in [-0.1, -0.05) is 6.58 Å². The fraction of sp³-hybridized carbons (Fsp3) is 0.625. The lowest BCUT2D eigenvalue weighted by atomic mass is 10.2. The van der Waals surface area contributed by atoms with Crippen LogP contribution in [-0.2, 0) is 9.53 Å². The van der Waals surface area contributed by atoms with Gasteiger partial charge < -0.3 is 25.2 Å². The Bertz CT molecular complexity index is 214. The summed E-state index contributed by atoms with van der Waals surface area (Å²) in [6.07, 6.45) is -5.20. The predicted molar refractivity (Wildman–Crippen MR) is 46.0 cm³/mol. The first kappa shape index (κ1) is 13.1. The van der Waals surface area contributed by atoms with E-state index in [1.807, 2.05) is 0 Å². The summed E-state index contributed by atoms with van der Waals surface area (Å²) in [6, 6.07) is 0. The summed E-state index contributed by atoms with van der Waals surface area (Å²) < 4.78 is 4.29. The van der Waals surface area contributed by atoms with Gasteiger partial charge in [-0.2, -0.15) is 0 Å². The number of aliphatic hydroxyl groups excluding tert-OH is 4. The van der Waals surface area contributed by atoms with E-state index in [0.29, 0.717) is 0 Å². The van der Waals surface area contributed by atoms with Gasteiger partial charge in [-0.3, -0.25) is 0 Å². The van der Waals surface area contributed by atoms with Gasteiger partial charge in [-0.05, 0) is 6.92 Å². The number of hydrogen-bond acceptors (Lipinski definition) is 6. The molecule has 0 aliphatic carbocycles. The lowest BCUT2D eigenvalue weighted by Gasteiger charge is -2.21. The molecule has 0 saturated heterocycles. The zero-order valence-corrected chi connectivity index (χ0v) is 7.75. The smallest absolute Gasteiger partial charge is 0.335 e. The minimum Gasteiger partial charge on any atom is -0.430 e. The number of hydrogen-bond donors (Lipinski definition) is 4. The van der Waals surface area contributed by atoms with Crippen molar-refractivity contribution >= 4 is 5.97 Å². The number of carbonyl (C=O) groups is 1. The summed E-state index contributed by atoms with van der Waals surface area (Å²) in [7, 11) is 0. The van der Waals surface area contributed by atoms with Crippen LogP contribution in [0, 0.1) is 0 Å². The molecular formula is C8H14O6. The van der Waals surface area contributed by atoms with Crippen molar-refractivity contribution < 1.29 is 30.0 Å². The quantitative estimate of drug-likeness (QED) is 0.239. The molecule has 0 rings (SSSR count). The molecule has 0 aliphatic rings. The fourth-order valence-corrected chi connectivity index (χ4v) is 0.578. The molecule has 0 aliphatic heterocycles. The third kappa shape index (κ3) is 3.84. The first-order chi connectivity index (χ1) is 6.40. The Balaban J connectivity index is 4.13. The number of ether oxygens (including phenoxy) is 1. The van der Waals surface area contributed by atoms with Crippen molar-refractivity contribution in [1.29, 1.82) is 0 Å². The van der Waals surface area contributed by atoms with Crippen LogP contribution >= 0.6 is 0 Å². The minimum absolute atomic E-state index is 0.0507. The molecule has 0 bridgehead atoms. The van der Waals surface area contributed by atoms with Crippen molar-refractivity contribution in [1.82, 2.24) is 0 Å². The normalized spacial score (nSPS) is 16.9. The highest BCUT2D eigenvalue weighted by Gasteiger charge is 2.27. The third-order valence-electron chi connectivity index (χ3n) is 1.45. The summed E-state index contributed by atoms with van der Waals surface area (Å²) in [5.74, 6) is -0.887. The Hall–Kier alpha value is -0.950. The molecule has 3 atom stereocenters. The average molecular weight is 206 g/mol. The van der Waals surface area contributed by atoms with Gasteiger partial charge >= 0.3 is 5.97 Å². The largest absolute Gasteiger partial charge is 0.430 e. The van der Waals surface area contributed by atoms with Gasteiger partial charge in [0.15, 0.2) is 0 Å². The molecule has 0 aromatic heterocycles. The molecule has 82 valence electrons. The molecule has 0 amide bonds. The summed E-state index contributed by atoms with van der Waals surface area (Å²) in [5.41, 5.74) is 0.0507. The summed E-state index contributed by atoms with van der Waals surface area (Å²) in [5, 5.41) is 35.4. The van der Waals surface area contributed by atoms with Crippen LogP contribution in [0.5, 0.6) is 0 Å². The van der Waals surface area contributed by atoms with Crippen LogP contribution in [-0.4, -0.2) is 51.5 Å². The number of aliphatic hydroxyl groups is 4. The average Bonchev–Trinajstić information content (AvgIpc) is 2.14. The monoisotopic (exact) mass is 206 g/mol. The standard InChI is InChI=1S/C8H14O6/c1-4(2)7(12)14-8(13)6(11)5(10)3-9/h5-6,8-11,13H,1,3H2,2H3/t5-,6-,8?/m0/s1. The SMILES string of the molecule is C=C(C)C(=O)OC(O)[C@@H](O)[C@@H](O)CO. The van der Waals surface area contributed by atoms with E-state index < -0.39 is 31.1 Å². The first-order valence-electron chi connectivity index (χ1n) is 3.91. The van der Waals surface area contributed by atoms with Crippen molar-refractivity contribution in [2.45, 2.75) is 25.4 Å². The maximum atomic E-state index is 10.8. The van der Waals surface area contributed by atoms with Crippen LogP contribution < -0.4 is 0 Å². The van der Waals surface area contributed by atoms with Crippen LogP contribution in [0.25, 0.3) is 0 Å². The van der Waals surface area contributed by atoms with Crippen molar-refractivity contribution in [2.75, 3.05) is 6.61 Å². The molecule has 0 aromatic carbocycles. The molecule has 4 N–H and O–H groups in total. The predicted octanol–water partition coefficient (Wildman–Crippen LogP) is -1.86. The van der Waals surface area contributed by atoms with Crippen LogP contribution in [0.4, 0.5) is 0 Å². The second kappa shape index (κ2) is 5.71. The highest BCUT2D eigenvalue weighted by Crippen LogP contribution is 2.04. The molecule has 0 fully saturated rings. The number of esters is 1. The fourth-order valence-electron chi connectivity index (χ4n) is 0.578. The van der Waals surface area contributed by atoms with Crippen LogP contribution in [0.1, 0.15) is 6.92 Å². The molecule has 0 spiro atoms. The third-order valence-corrected chi connectivity index (χ3v) is 1.45. The Morgan fingerprint density at radius 2 is 1.93 bits per heavy atom. The van der Waals surface area contributed by atoms with Crippen molar-refractivity contribution in [2.24, 2.45) is 0 Å². The van der Waals surface area contributed by atoms with E-state index in [2.05, 4.69) is 11.3 Å². The van der Waals surface area contributed by atoms with Gasteiger partial charge in [0.25, 0.3) is 0 Å². The molecule has 6 nitrogen and oxygen atoms in total. The van der Waals surface area contributed by atoms with Crippen molar-refractivity contribution in [3.8, 4) is 0 Å². The minimum atomic E-state index is -1.89. The highest BCUT2D eigenvalue weighted by molar-refractivity contribution is 5.87. The van der Waals surface area contributed by atoms with Gasteiger partial charge in [0, 0.05) is 5.57 Å². The van der Waals surface area contributed by atoms with Crippen molar-refractivity contribution in [3.63, 3.8) is 0 Å². The molecule has 6 heteroatoms. The Kier molecular flexibility index (Phi) is 5.32. The lowest BCUT2D eigenvalue weighted by Crippen LogP contribution is -2.41. The van der Waals surface area contributed by atoms with Crippen molar-refractivity contribution in [3.05, 3.63) is 12.2 Å². The molecule has 0 heterocycles. The van der Waals surface area contributed by atoms with E-state index in [4.69, 9.17) is 20.4 Å². The van der Waals surface area contributed by atoms with Gasteiger partial charge in [0.2, 0.25) is 6.29 Å². The van der Waals surface area contributed by atoms with Gasteiger partial charge in [-0.25, -0.2) is 4.79 Å². The summed E-state index contributed by atoms with van der Waals surface area (Å²) >= 11 is 0. The topological polar surface area (TPSA) is 107 Å². The maximum Gasteiger partial charge on any atom is 0.335 e. The summed E-state index contributed by atoms with van der Waals surface area (Å²) in [4.78, 5) is 10.8. The number of rotatable bonds is 5. The van der Waals surface area contributed by atoms with Gasteiger partial charge in [-0.15, -0.1) is 0 Å². The van der Waals surface area contributed by atoms with E-state index in [1.54, 1.807) is 0 Å². The van der Waals surface area contributed by atoms with E-state index in [0.717, 1.165) is 0 Å². The molecule has 1 unspecified atom stereocenters. The molecular weight excluding hydrogens is 192 g/mol. The van der Waals surface area contributed by atoms with Crippen LogP contribution in [0.3, 0.4) is 0 Å². The molecule has 14 heavy (non-hydrogen) atoms. The molecule has 0 saturated carbocycles. The number of carbonyl (C=O) groups excluding carboxylic acids is 1. The summed E-state index contributed by atoms with van der Waals surface area (Å²) in [6.45, 7) is 3.87. The highest BCUT2D eigenvalue weighted by atomic mass is 16.6. The van der Waals surface area contributed by atoms with E-state index in [1.165, 1.54) is 6.92 Å². The Labute approximate surface area is 81.1 Å². The lowest BCUT2D eigenvalue weighted by molar-refractivity contribution is -0.198. The Morgan fingerprint density at radius 1 is 1.43 bits per heavy atom. The Morgan fingerprint density at radius 3 is 2.29 bits per heavy atom. The van der Waals surface area contributed by atoms with Gasteiger partial charge in [0.1, 0.15) is 12.2 Å². The van der Waals surface area contributed by atoms with Gasteiger partial charge in [0.05, 0.1) is 6.61 Å². The molecule has 0 aromatic rings. The van der Waals surface area contributed by atoms with Crippen LogP contribution in [0.15, 0.2) is 12.2 Å². The second-order valence-corrected chi connectivity index (χ2v) is 2.82. The second-order valence-electron chi connectivity index (χ2n) is 2.82. The zero-order chi connectivity index (χ0) is 11.3. The zero-order valence-electron chi connectivity index (χ0n) is 7.75. The first-order valence-corrected chi connectivity index (χ1v) is 3.91. The van der Waals surface area contributed by atoms with E-state index in [9.17, 15) is 4.79 Å². The van der Waals surface area contributed by atoms with Crippen LogP contribution in [0.2, 0.25) is 0 Å². The molecule has 0 radical (unpaired) electrons. The van der Waals surface area contributed by atoms with E-state index in [-0.39, 0.29) is 5.57 Å². The maximum absolute atomic E-state index is 10.8.